The summed E-state index contributed by atoms with van der Waals surface area (Å²) in [7, 11) is 1.40. The molecule has 194 valence electrons. The molecule has 0 radical (unpaired) electrons. The first kappa shape index (κ1) is 25.7. The van der Waals surface area contributed by atoms with Gasteiger partial charge in [0.15, 0.2) is 22.6 Å². The van der Waals surface area contributed by atoms with Gasteiger partial charge in [0.05, 0.1) is 38.9 Å². The molecule has 12 nitrogen and oxygen atoms in total. The summed E-state index contributed by atoms with van der Waals surface area (Å²) in [6.07, 6.45) is -1.34. The summed E-state index contributed by atoms with van der Waals surface area (Å²) in [6.45, 7) is 1.15. The lowest BCUT2D eigenvalue weighted by Gasteiger charge is -2.25. The van der Waals surface area contributed by atoms with Gasteiger partial charge in [0.1, 0.15) is 11.8 Å². The Balaban J connectivity index is 1.40. The highest BCUT2D eigenvalue weighted by atomic mass is 32.1. The van der Waals surface area contributed by atoms with Crippen LogP contribution in [0.5, 0.6) is 0 Å². The Bertz CT molecular complexity index is 1130. The predicted octanol–water partition coefficient (Wildman–Crippen LogP) is 0.641. The predicted molar refractivity (Wildman–Crippen MR) is 132 cm³/mol. The third-order valence-electron chi connectivity index (χ3n) is 5.54. The van der Waals surface area contributed by atoms with E-state index >= 15 is 8.78 Å². The molecule has 1 aromatic heterocycles. The summed E-state index contributed by atoms with van der Waals surface area (Å²) < 4.78 is 44.3. The summed E-state index contributed by atoms with van der Waals surface area (Å²) in [6, 6.07) is 2.18. The monoisotopic (exact) mass is 542 g/mol. The average Bonchev–Trinajstić information content (AvgIpc) is 3.33. The van der Waals surface area contributed by atoms with E-state index in [-0.39, 0.29) is 73.3 Å². The van der Waals surface area contributed by atoms with Crippen molar-refractivity contribution in [3.8, 4) is 0 Å². The second-order valence-corrected chi connectivity index (χ2v) is 9.07. The molecule has 2 aliphatic rings. The first-order valence-corrected chi connectivity index (χ1v) is 12.1. The van der Waals surface area contributed by atoms with E-state index in [1.54, 1.807) is 0 Å². The number of thiocarbonyl (C=S) groups is 1. The molecule has 2 saturated heterocycles. The highest BCUT2D eigenvalue weighted by Gasteiger charge is 2.34. The Morgan fingerprint density at radius 3 is 2.78 bits per heavy atom. The first-order chi connectivity index (χ1) is 17.2. The van der Waals surface area contributed by atoms with Gasteiger partial charge in [0, 0.05) is 43.3 Å². The number of aromatic nitrogens is 2. The molecule has 4 N–H and O–H groups in total. The highest BCUT2D eigenvalue weighted by molar-refractivity contribution is 7.80. The number of nitrogens with two attached hydrogens (primary N) is 1. The maximum atomic E-state index is 15.1. The molecule has 1 aromatic carbocycles. The van der Waals surface area contributed by atoms with Crippen molar-refractivity contribution >= 4 is 57.4 Å². The van der Waals surface area contributed by atoms with Crippen LogP contribution in [0.15, 0.2) is 12.1 Å². The minimum atomic E-state index is -0.832. The van der Waals surface area contributed by atoms with E-state index in [0.717, 1.165) is 28.6 Å². The van der Waals surface area contributed by atoms with Crippen molar-refractivity contribution in [2.24, 2.45) is 0 Å². The smallest absolute Gasteiger partial charge is 0.414 e. The number of benzene rings is 1. The lowest BCUT2D eigenvalue weighted by molar-refractivity contribution is -0.133. The van der Waals surface area contributed by atoms with Crippen molar-refractivity contribution in [2.75, 3.05) is 61.9 Å². The minimum absolute atomic E-state index is 0.0374. The van der Waals surface area contributed by atoms with Crippen molar-refractivity contribution < 1.29 is 27.8 Å². The molecule has 36 heavy (non-hydrogen) atoms. The number of carbonyl (C=O) groups is 2. The molecule has 0 aliphatic carbocycles. The number of rotatable bonds is 6. The fraction of sp³-hybridized carbons (Fsp3) is 0.450. The molecule has 4 rings (SSSR count). The molecule has 2 amide bonds. The van der Waals surface area contributed by atoms with Crippen molar-refractivity contribution in [2.45, 2.75) is 12.5 Å². The topological polar surface area (TPSA) is 138 Å². The molecule has 16 heteroatoms. The molecule has 3 heterocycles. The van der Waals surface area contributed by atoms with Gasteiger partial charge in [-0.2, -0.15) is 4.37 Å². The van der Waals surface area contributed by atoms with Crippen molar-refractivity contribution in [3.05, 3.63) is 29.6 Å². The maximum Gasteiger partial charge on any atom is 0.414 e. The Labute approximate surface area is 214 Å². The Morgan fingerprint density at radius 2 is 2.11 bits per heavy atom. The fourth-order valence-corrected chi connectivity index (χ4v) is 4.39. The van der Waals surface area contributed by atoms with Gasteiger partial charge in [0.2, 0.25) is 5.91 Å². The zero-order valence-corrected chi connectivity index (χ0v) is 20.8. The number of anilines is 3. The normalized spacial score (nSPS) is 18.1. The van der Waals surface area contributed by atoms with Crippen LogP contribution < -0.4 is 26.3 Å². The number of hydrogen-bond acceptors (Lipinski definition) is 11. The van der Waals surface area contributed by atoms with Gasteiger partial charge in [0.25, 0.3) is 5.17 Å². The molecule has 2 aromatic rings. The molecule has 1 atom stereocenters. The Morgan fingerprint density at radius 1 is 1.36 bits per heavy atom. The number of nitrogen functional groups attached to an aromatic ring is 1. The molecule has 0 saturated carbocycles. The second-order valence-electron chi connectivity index (χ2n) is 7.91. The lowest BCUT2D eigenvalue weighted by Crippen LogP contribution is -2.44. The number of hydrogen-bond donors (Lipinski definition) is 3. The Hall–Kier alpha value is -3.37. The van der Waals surface area contributed by atoms with Crippen LogP contribution in [-0.4, -0.2) is 84.0 Å². The minimum Gasteiger partial charge on any atom is -0.474 e. The van der Waals surface area contributed by atoms with Crippen LogP contribution in [0.2, 0.25) is 0 Å². The van der Waals surface area contributed by atoms with E-state index in [1.165, 1.54) is 17.0 Å². The summed E-state index contributed by atoms with van der Waals surface area (Å²) >= 11 is 5.89. The summed E-state index contributed by atoms with van der Waals surface area (Å²) in [4.78, 5) is 31.5. The number of carbonyl (C=O) groups excluding carboxylic acids is 2. The third-order valence-corrected chi connectivity index (χ3v) is 6.43. The van der Waals surface area contributed by atoms with Crippen LogP contribution in [0.3, 0.4) is 0 Å². The van der Waals surface area contributed by atoms with Crippen LogP contribution in [0.1, 0.15) is 5.82 Å². The third kappa shape index (κ3) is 5.88. The molecule has 0 bridgehead atoms. The van der Waals surface area contributed by atoms with Gasteiger partial charge in [-0.1, -0.05) is 0 Å². The number of amides is 2. The van der Waals surface area contributed by atoms with Crippen LogP contribution in [-0.2, 0) is 20.7 Å². The zero-order valence-electron chi connectivity index (χ0n) is 19.2. The number of nitrogens with zero attached hydrogens (tertiary/aromatic N) is 5. The number of methoxy groups -OCH3 is 1. The van der Waals surface area contributed by atoms with Crippen LogP contribution in [0.25, 0.3) is 0 Å². The second kappa shape index (κ2) is 11.1. The standard InChI is InChI=1S/C20H24F2N8O4S2/c1-33-19(35)24-9-12-10-29(20(32)34-12)11-6-13(21)17(14(22)7-11)28-3-2-25-30(5-4-28)16(31)8-15-26-18(23)36-27-15/h6-7,12,25H,2-5,8-10H2,1H3,(H,24,35)(H2,23,26,27)/t12-/m0/s1. The molecule has 0 unspecified atom stereocenters. The molecule has 2 aliphatic heterocycles. The van der Waals surface area contributed by atoms with Gasteiger partial charge in [-0.3, -0.25) is 14.7 Å². The van der Waals surface area contributed by atoms with Crippen molar-refractivity contribution in [1.82, 2.24) is 25.1 Å². The van der Waals surface area contributed by atoms with Crippen LogP contribution in [0.4, 0.5) is 30.1 Å². The largest absolute Gasteiger partial charge is 0.474 e. The highest BCUT2D eigenvalue weighted by Crippen LogP contribution is 2.31. The zero-order chi connectivity index (χ0) is 25.8. The van der Waals surface area contributed by atoms with Gasteiger partial charge in [-0.15, -0.1) is 0 Å². The summed E-state index contributed by atoms with van der Waals surface area (Å²) in [5, 5.41) is 4.57. The fourth-order valence-electron chi connectivity index (χ4n) is 3.86. The lowest BCUT2D eigenvalue weighted by atomic mass is 10.2. The molecule has 2 fully saturated rings. The maximum absolute atomic E-state index is 15.1. The van der Waals surface area contributed by atoms with E-state index in [4.69, 9.17) is 27.4 Å². The summed E-state index contributed by atoms with van der Waals surface area (Å²) in [5.41, 5.74) is 8.31. The Kier molecular flexibility index (Phi) is 7.95. The van der Waals surface area contributed by atoms with E-state index in [2.05, 4.69) is 20.1 Å². The average molecular weight is 543 g/mol. The van der Waals surface area contributed by atoms with E-state index < -0.39 is 23.8 Å². The van der Waals surface area contributed by atoms with Gasteiger partial charge < -0.3 is 25.4 Å². The van der Waals surface area contributed by atoms with Gasteiger partial charge >= 0.3 is 6.09 Å². The number of ether oxygens (including phenoxy) is 2. The van der Waals surface area contributed by atoms with Crippen molar-refractivity contribution in [1.29, 1.82) is 0 Å². The summed E-state index contributed by atoms with van der Waals surface area (Å²) in [5.74, 6) is -1.63. The number of halogens is 2. The number of cyclic esters (lactones) is 1. The van der Waals surface area contributed by atoms with Crippen molar-refractivity contribution in [3.63, 3.8) is 0 Å². The first-order valence-electron chi connectivity index (χ1n) is 10.9. The molecular formula is C20H24F2N8O4S2. The van der Waals surface area contributed by atoms with E-state index in [9.17, 15) is 9.59 Å². The SMILES string of the molecule is COC(=S)NC[C@H]1CN(c2cc(F)c(N3CCNN(C(=O)Cc4nsc(N)n4)CC3)c(F)c2)C(=O)O1. The molecule has 0 spiro atoms. The van der Waals surface area contributed by atoms with Gasteiger partial charge in [-0.05, 0) is 12.2 Å². The number of hydrazine groups is 1. The van der Waals surface area contributed by atoms with E-state index in [0.29, 0.717) is 5.82 Å². The quantitative estimate of drug-likeness (QED) is 0.444. The van der Waals surface area contributed by atoms with Gasteiger partial charge in [-0.25, -0.2) is 24.0 Å². The van der Waals surface area contributed by atoms with E-state index in [1.807, 2.05) is 0 Å². The number of nitrogens with one attached hydrogen (secondary N) is 2. The van der Waals surface area contributed by atoms with Crippen LogP contribution >= 0.6 is 23.8 Å². The molecular weight excluding hydrogens is 518 g/mol. The van der Waals surface area contributed by atoms with Crippen LogP contribution in [0, 0.1) is 11.6 Å².